The Kier molecular flexibility index (Phi) is 7.85. The lowest BCUT2D eigenvalue weighted by Gasteiger charge is -2.37. The summed E-state index contributed by atoms with van der Waals surface area (Å²) in [7, 11) is 3.27. The topological polar surface area (TPSA) is 111 Å². The number of likely N-dealkylation sites (tertiary alicyclic amines) is 2. The van der Waals surface area contributed by atoms with Crippen molar-refractivity contribution >= 4 is 29.2 Å². The Bertz CT molecular complexity index is 802. The average molecular weight is 454 g/mol. The molecule has 1 aromatic rings. The van der Waals surface area contributed by atoms with Gasteiger partial charge in [0.15, 0.2) is 0 Å². The molecule has 9 nitrogen and oxygen atoms in total. The van der Waals surface area contributed by atoms with Gasteiger partial charge in [-0.2, -0.15) is 0 Å². The number of aliphatic hydroxyl groups is 1. The van der Waals surface area contributed by atoms with Crippen molar-refractivity contribution in [2.45, 2.75) is 31.4 Å². The number of methoxy groups -OCH3 is 1. The van der Waals surface area contributed by atoms with E-state index in [0.717, 1.165) is 25.9 Å². The van der Waals surface area contributed by atoms with Crippen molar-refractivity contribution in [3.8, 4) is 5.75 Å². The Labute approximate surface area is 188 Å². The second-order valence-electron chi connectivity index (χ2n) is 8.21. The molecule has 0 spiro atoms. The molecule has 0 aliphatic carbocycles. The molecule has 2 aliphatic rings. The van der Waals surface area contributed by atoms with Crippen LogP contribution < -0.4 is 15.8 Å². The van der Waals surface area contributed by atoms with Crippen molar-refractivity contribution in [3.63, 3.8) is 0 Å². The van der Waals surface area contributed by atoms with Crippen LogP contribution in [0, 0.1) is 0 Å². The SMILES string of the molecule is COc1cc(N)c(Cl)cc1C(=O)NC1CCN(CCN(C)C(=O)N2CCCC2)CC1O. The summed E-state index contributed by atoms with van der Waals surface area (Å²) in [6, 6.07) is 2.67. The number of hydrogen-bond acceptors (Lipinski definition) is 6. The molecule has 1 aromatic carbocycles. The van der Waals surface area contributed by atoms with Crippen LogP contribution in [0.4, 0.5) is 10.5 Å². The van der Waals surface area contributed by atoms with Gasteiger partial charge in [-0.05, 0) is 25.3 Å². The lowest BCUT2D eigenvalue weighted by atomic mass is 10.0. The first-order valence-electron chi connectivity index (χ1n) is 10.6. The number of nitrogens with zero attached hydrogens (tertiary/aromatic N) is 3. The van der Waals surface area contributed by atoms with Gasteiger partial charge in [-0.25, -0.2) is 4.79 Å². The average Bonchev–Trinajstić information content (AvgIpc) is 3.29. The van der Waals surface area contributed by atoms with Gasteiger partial charge in [-0.1, -0.05) is 11.6 Å². The van der Waals surface area contributed by atoms with Gasteiger partial charge in [0.2, 0.25) is 0 Å². The highest BCUT2D eigenvalue weighted by atomic mass is 35.5. The highest BCUT2D eigenvalue weighted by Crippen LogP contribution is 2.29. The summed E-state index contributed by atoms with van der Waals surface area (Å²) in [6.45, 7) is 4.08. The van der Waals surface area contributed by atoms with E-state index >= 15 is 0 Å². The minimum atomic E-state index is -0.715. The van der Waals surface area contributed by atoms with E-state index in [1.165, 1.54) is 19.2 Å². The minimum absolute atomic E-state index is 0.0660. The zero-order valence-corrected chi connectivity index (χ0v) is 18.9. The molecule has 10 heteroatoms. The van der Waals surface area contributed by atoms with Crippen LogP contribution in [-0.2, 0) is 0 Å². The number of nitrogen functional groups attached to an aromatic ring is 1. The van der Waals surface area contributed by atoms with E-state index in [9.17, 15) is 14.7 Å². The van der Waals surface area contributed by atoms with E-state index in [2.05, 4.69) is 10.2 Å². The van der Waals surface area contributed by atoms with Crippen molar-refractivity contribution in [1.29, 1.82) is 0 Å². The molecule has 31 heavy (non-hydrogen) atoms. The number of halogens is 1. The highest BCUT2D eigenvalue weighted by Gasteiger charge is 2.30. The Morgan fingerprint density at radius 3 is 2.68 bits per heavy atom. The lowest BCUT2D eigenvalue weighted by molar-refractivity contribution is 0.0356. The molecular weight excluding hydrogens is 422 g/mol. The van der Waals surface area contributed by atoms with E-state index in [0.29, 0.717) is 44.0 Å². The van der Waals surface area contributed by atoms with Gasteiger partial charge < -0.3 is 30.7 Å². The molecule has 172 valence electrons. The largest absolute Gasteiger partial charge is 0.496 e. The van der Waals surface area contributed by atoms with Crippen LogP contribution in [0.5, 0.6) is 5.75 Å². The third-order valence-electron chi connectivity index (χ3n) is 6.00. The van der Waals surface area contributed by atoms with E-state index in [1.807, 2.05) is 11.9 Å². The summed E-state index contributed by atoms with van der Waals surface area (Å²) in [4.78, 5) is 30.9. The number of carbonyl (C=O) groups is 2. The smallest absolute Gasteiger partial charge is 0.319 e. The van der Waals surface area contributed by atoms with Crippen molar-refractivity contribution in [2.24, 2.45) is 0 Å². The van der Waals surface area contributed by atoms with Crippen LogP contribution >= 0.6 is 11.6 Å². The predicted molar refractivity (Wildman–Crippen MR) is 120 cm³/mol. The van der Waals surface area contributed by atoms with Crippen molar-refractivity contribution in [3.05, 3.63) is 22.7 Å². The molecule has 2 aliphatic heterocycles. The quantitative estimate of drug-likeness (QED) is 0.559. The predicted octanol–water partition coefficient (Wildman–Crippen LogP) is 1.24. The van der Waals surface area contributed by atoms with Crippen molar-refractivity contribution in [2.75, 3.05) is 59.2 Å². The van der Waals surface area contributed by atoms with Crippen LogP contribution in [0.3, 0.4) is 0 Å². The fourth-order valence-electron chi connectivity index (χ4n) is 4.07. The summed E-state index contributed by atoms with van der Waals surface area (Å²) < 4.78 is 5.24. The molecule has 2 fully saturated rings. The number of ether oxygens (including phenoxy) is 1. The van der Waals surface area contributed by atoms with Gasteiger partial charge in [-0.3, -0.25) is 9.69 Å². The summed E-state index contributed by atoms with van der Waals surface area (Å²) in [5.74, 6) is -0.0378. The number of urea groups is 1. The van der Waals surface area contributed by atoms with Gasteiger partial charge in [0, 0.05) is 52.4 Å². The molecule has 3 rings (SSSR count). The number of rotatable bonds is 6. The van der Waals surface area contributed by atoms with Crippen LogP contribution in [0.1, 0.15) is 29.6 Å². The molecule has 2 atom stereocenters. The number of benzene rings is 1. The first-order valence-corrected chi connectivity index (χ1v) is 11.0. The molecular formula is C21H32ClN5O4. The molecule has 2 unspecified atom stereocenters. The minimum Gasteiger partial charge on any atom is -0.496 e. The number of piperidine rings is 1. The molecule has 2 heterocycles. The number of anilines is 1. The number of aliphatic hydroxyl groups excluding tert-OH is 1. The number of nitrogens with two attached hydrogens (primary N) is 1. The van der Waals surface area contributed by atoms with Crippen LogP contribution in [0.25, 0.3) is 0 Å². The summed E-state index contributed by atoms with van der Waals surface area (Å²) in [5.41, 5.74) is 6.38. The molecule has 0 bridgehead atoms. The zero-order chi connectivity index (χ0) is 22.5. The number of nitrogens with one attached hydrogen (secondary N) is 1. The van der Waals surface area contributed by atoms with E-state index < -0.39 is 6.10 Å². The fourth-order valence-corrected chi connectivity index (χ4v) is 4.23. The van der Waals surface area contributed by atoms with E-state index in [4.69, 9.17) is 22.1 Å². The van der Waals surface area contributed by atoms with Crippen molar-refractivity contribution < 1.29 is 19.4 Å². The third kappa shape index (κ3) is 5.72. The first kappa shape index (κ1) is 23.4. The van der Waals surface area contributed by atoms with Gasteiger partial charge in [0.05, 0.1) is 35.5 Å². The lowest BCUT2D eigenvalue weighted by Crippen LogP contribution is -2.55. The summed E-state index contributed by atoms with van der Waals surface area (Å²) in [5, 5.41) is 13.7. The summed E-state index contributed by atoms with van der Waals surface area (Å²) in [6.07, 6.45) is 2.02. The second kappa shape index (κ2) is 10.4. The summed E-state index contributed by atoms with van der Waals surface area (Å²) >= 11 is 6.05. The van der Waals surface area contributed by atoms with E-state index in [-0.39, 0.29) is 28.6 Å². The standard InChI is InChI=1S/C21H32ClN5O4/c1-25(21(30)27-6-3-4-7-27)9-10-26-8-5-17(18(28)13-26)24-20(29)14-11-15(22)16(23)12-19(14)31-2/h11-12,17-18,28H,3-10,13,23H2,1-2H3,(H,24,29). The molecule has 4 N–H and O–H groups in total. The monoisotopic (exact) mass is 453 g/mol. The van der Waals surface area contributed by atoms with Gasteiger partial charge >= 0.3 is 6.03 Å². The Morgan fingerprint density at radius 1 is 1.32 bits per heavy atom. The van der Waals surface area contributed by atoms with Crippen molar-refractivity contribution in [1.82, 2.24) is 20.0 Å². The fraction of sp³-hybridized carbons (Fsp3) is 0.619. The number of β-amino-alcohol motifs (C(OH)–C–C–N with tert-alkyl or cyclic N) is 1. The Balaban J connectivity index is 1.49. The highest BCUT2D eigenvalue weighted by molar-refractivity contribution is 6.33. The molecule has 3 amide bonds. The third-order valence-corrected chi connectivity index (χ3v) is 6.33. The molecule has 0 saturated carbocycles. The number of carbonyl (C=O) groups excluding carboxylic acids is 2. The van der Waals surface area contributed by atoms with Crippen LogP contribution in [0.15, 0.2) is 12.1 Å². The number of amides is 3. The number of likely N-dealkylation sites (N-methyl/N-ethyl adjacent to an activating group) is 1. The van der Waals surface area contributed by atoms with Gasteiger partial charge in [0.1, 0.15) is 5.75 Å². The van der Waals surface area contributed by atoms with Gasteiger partial charge in [-0.15, -0.1) is 0 Å². The molecule has 0 radical (unpaired) electrons. The van der Waals surface area contributed by atoms with Crippen LogP contribution in [-0.4, -0.2) is 97.3 Å². The van der Waals surface area contributed by atoms with Crippen LogP contribution in [0.2, 0.25) is 5.02 Å². The normalized spacial score (nSPS) is 21.7. The number of hydrogen-bond donors (Lipinski definition) is 3. The Morgan fingerprint density at radius 2 is 2.03 bits per heavy atom. The van der Waals surface area contributed by atoms with Gasteiger partial charge in [0.25, 0.3) is 5.91 Å². The Hall–Kier alpha value is -2.23. The molecule has 0 aromatic heterocycles. The molecule has 2 saturated heterocycles. The first-order chi connectivity index (χ1) is 14.8. The maximum atomic E-state index is 12.7. The zero-order valence-electron chi connectivity index (χ0n) is 18.1. The maximum Gasteiger partial charge on any atom is 0.319 e. The maximum absolute atomic E-state index is 12.7. The second-order valence-corrected chi connectivity index (χ2v) is 8.62. The van der Waals surface area contributed by atoms with E-state index in [1.54, 1.807) is 4.90 Å².